The van der Waals surface area contributed by atoms with Crippen LogP contribution in [0.2, 0.25) is 0 Å². The van der Waals surface area contributed by atoms with Gasteiger partial charge in [-0.3, -0.25) is 0 Å². The lowest BCUT2D eigenvalue weighted by molar-refractivity contribution is -0.0351. The van der Waals surface area contributed by atoms with Crippen LogP contribution in [0.4, 0.5) is 0 Å². The molecule has 0 radical (unpaired) electrons. The molecule has 0 bridgehead atoms. The zero-order valence-electron chi connectivity index (χ0n) is 10.7. The molecule has 1 unspecified atom stereocenters. The summed E-state index contributed by atoms with van der Waals surface area (Å²) in [6, 6.07) is 0. The molecule has 0 rings (SSSR count). The highest BCUT2D eigenvalue weighted by molar-refractivity contribution is 4.95. The van der Waals surface area contributed by atoms with E-state index in [2.05, 4.69) is 13.5 Å². The van der Waals surface area contributed by atoms with Gasteiger partial charge in [0.2, 0.25) is 0 Å². The van der Waals surface area contributed by atoms with Gasteiger partial charge < -0.3 is 14.6 Å². The minimum absolute atomic E-state index is 0.313. The van der Waals surface area contributed by atoms with Crippen molar-refractivity contribution in [3.05, 3.63) is 12.7 Å². The van der Waals surface area contributed by atoms with E-state index in [4.69, 9.17) is 9.47 Å². The van der Waals surface area contributed by atoms with Crippen molar-refractivity contribution in [1.82, 2.24) is 0 Å². The predicted octanol–water partition coefficient (Wildman–Crippen LogP) is 2.54. The van der Waals surface area contributed by atoms with Gasteiger partial charge in [0.15, 0.2) is 0 Å². The largest absolute Gasteiger partial charge is 0.383 e. The molecule has 0 heterocycles. The molecular formula is C13H26O3. The van der Waals surface area contributed by atoms with E-state index >= 15 is 0 Å². The Kier molecular flexibility index (Phi) is 9.59. The number of aliphatic hydroxyl groups is 1. The predicted molar refractivity (Wildman–Crippen MR) is 66.6 cm³/mol. The number of hydrogen-bond donors (Lipinski definition) is 1. The summed E-state index contributed by atoms with van der Waals surface area (Å²) >= 11 is 0. The molecule has 3 heteroatoms. The van der Waals surface area contributed by atoms with Crippen LogP contribution in [0.1, 0.15) is 39.5 Å². The average Bonchev–Trinajstić information content (AvgIpc) is 2.29. The van der Waals surface area contributed by atoms with Crippen LogP contribution >= 0.6 is 0 Å². The quantitative estimate of drug-likeness (QED) is 0.438. The molecule has 1 atom stereocenters. The van der Waals surface area contributed by atoms with Crippen molar-refractivity contribution in [3.8, 4) is 0 Å². The first kappa shape index (κ1) is 15.6. The standard InChI is InChI=1S/C13H26O3/c1-4-7-8-9-13(14,5-2)12-16-11-10-15-6-3/h5,14H,2,4,6-12H2,1,3H3. The Bertz CT molecular complexity index is 171. The Labute approximate surface area is 99.5 Å². The first-order chi connectivity index (χ1) is 7.68. The van der Waals surface area contributed by atoms with Gasteiger partial charge in [0.25, 0.3) is 0 Å². The lowest BCUT2D eigenvalue weighted by Crippen LogP contribution is -2.32. The van der Waals surface area contributed by atoms with Crippen LogP contribution in [-0.2, 0) is 9.47 Å². The lowest BCUT2D eigenvalue weighted by Gasteiger charge is -2.24. The van der Waals surface area contributed by atoms with Gasteiger partial charge in [0.05, 0.1) is 19.8 Å². The molecule has 0 aromatic carbocycles. The highest BCUT2D eigenvalue weighted by Crippen LogP contribution is 2.16. The average molecular weight is 230 g/mol. The van der Waals surface area contributed by atoms with Crippen LogP contribution in [-0.4, -0.2) is 37.1 Å². The fraction of sp³-hybridized carbons (Fsp3) is 0.846. The van der Waals surface area contributed by atoms with Crippen LogP contribution in [0.15, 0.2) is 12.7 Å². The molecule has 0 fully saturated rings. The first-order valence-corrected chi connectivity index (χ1v) is 6.20. The van der Waals surface area contributed by atoms with Gasteiger partial charge in [-0.1, -0.05) is 32.3 Å². The normalized spacial score (nSPS) is 14.7. The highest BCUT2D eigenvalue weighted by atomic mass is 16.5. The van der Waals surface area contributed by atoms with Crippen molar-refractivity contribution in [2.75, 3.05) is 26.4 Å². The van der Waals surface area contributed by atoms with E-state index in [0.717, 1.165) is 25.7 Å². The van der Waals surface area contributed by atoms with Crippen LogP contribution in [0.5, 0.6) is 0 Å². The molecule has 16 heavy (non-hydrogen) atoms. The van der Waals surface area contributed by atoms with Crippen molar-refractivity contribution in [2.45, 2.75) is 45.1 Å². The summed E-state index contributed by atoms with van der Waals surface area (Å²) in [7, 11) is 0. The minimum atomic E-state index is -0.874. The topological polar surface area (TPSA) is 38.7 Å². The van der Waals surface area contributed by atoms with Gasteiger partial charge in [0.1, 0.15) is 5.60 Å². The number of hydrogen-bond acceptors (Lipinski definition) is 3. The van der Waals surface area contributed by atoms with Crippen molar-refractivity contribution in [3.63, 3.8) is 0 Å². The molecule has 0 aliphatic carbocycles. The fourth-order valence-corrected chi connectivity index (χ4v) is 1.43. The maximum atomic E-state index is 10.1. The molecule has 0 spiro atoms. The maximum absolute atomic E-state index is 10.1. The van der Waals surface area contributed by atoms with Crippen molar-refractivity contribution < 1.29 is 14.6 Å². The van der Waals surface area contributed by atoms with Crippen molar-refractivity contribution in [1.29, 1.82) is 0 Å². The molecule has 0 saturated carbocycles. The van der Waals surface area contributed by atoms with Crippen molar-refractivity contribution >= 4 is 0 Å². The molecular weight excluding hydrogens is 204 g/mol. The Morgan fingerprint density at radius 3 is 2.44 bits per heavy atom. The molecule has 0 amide bonds. The van der Waals surface area contributed by atoms with Crippen LogP contribution < -0.4 is 0 Å². The molecule has 0 aliphatic rings. The second-order valence-corrected chi connectivity index (χ2v) is 4.01. The molecule has 0 aliphatic heterocycles. The number of rotatable bonds is 11. The van der Waals surface area contributed by atoms with Crippen LogP contribution in [0.3, 0.4) is 0 Å². The summed E-state index contributed by atoms with van der Waals surface area (Å²) in [5, 5.41) is 10.1. The summed E-state index contributed by atoms with van der Waals surface area (Å²) in [5.41, 5.74) is -0.874. The van der Waals surface area contributed by atoms with E-state index in [0.29, 0.717) is 26.4 Å². The van der Waals surface area contributed by atoms with Gasteiger partial charge in [-0.05, 0) is 13.3 Å². The zero-order chi connectivity index (χ0) is 12.3. The van der Waals surface area contributed by atoms with Gasteiger partial charge in [-0.15, -0.1) is 6.58 Å². The van der Waals surface area contributed by atoms with Gasteiger partial charge >= 0.3 is 0 Å². The summed E-state index contributed by atoms with van der Waals surface area (Å²) in [4.78, 5) is 0. The second kappa shape index (κ2) is 9.82. The Morgan fingerprint density at radius 2 is 1.88 bits per heavy atom. The van der Waals surface area contributed by atoms with E-state index in [1.54, 1.807) is 6.08 Å². The third kappa shape index (κ3) is 7.85. The Hall–Kier alpha value is -0.380. The summed E-state index contributed by atoms with van der Waals surface area (Å²) in [6.07, 6.45) is 5.60. The van der Waals surface area contributed by atoms with Gasteiger partial charge in [-0.2, -0.15) is 0 Å². The molecule has 3 nitrogen and oxygen atoms in total. The fourth-order valence-electron chi connectivity index (χ4n) is 1.43. The third-order valence-electron chi connectivity index (χ3n) is 2.52. The Balaban J connectivity index is 3.65. The third-order valence-corrected chi connectivity index (χ3v) is 2.52. The van der Waals surface area contributed by atoms with Gasteiger partial charge in [-0.25, -0.2) is 0 Å². The van der Waals surface area contributed by atoms with Crippen LogP contribution in [0, 0.1) is 0 Å². The second-order valence-electron chi connectivity index (χ2n) is 4.01. The summed E-state index contributed by atoms with van der Waals surface area (Å²) in [6.45, 7) is 9.88. The van der Waals surface area contributed by atoms with E-state index in [-0.39, 0.29) is 0 Å². The zero-order valence-corrected chi connectivity index (χ0v) is 10.7. The van der Waals surface area contributed by atoms with Crippen LogP contribution in [0.25, 0.3) is 0 Å². The number of ether oxygens (including phenoxy) is 2. The maximum Gasteiger partial charge on any atom is 0.106 e. The SMILES string of the molecule is C=CC(O)(CCCCC)COCCOCC. The number of unbranched alkanes of at least 4 members (excludes halogenated alkanes) is 2. The van der Waals surface area contributed by atoms with E-state index in [1.165, 1.54) is 0 Å². The lowest BCUT2D eigenvalue weighted by atomic mass is 9.97. The van der Waals surface area contributed by atoms with Gasteiger partial charge in [0, 0.05) is 6.61 Å². The molecule has 0 aromatic heterocycles. The van der Waals surface area contributed by atoms with E-state index < -0.39 is 5.60 Å². The smallest absolute Gasteiger partial charge is 0.106 e. The molecule has 96 valence electrons. The molecule has 0 saturated heterocycles. The summed E-state index contributed by atoms with van der Waals surface area (Å²) in [5.74, 6) is 0. The molecule has 1 N–H and O–H groups in total. The molecule has 0 aromatic rings. The Morgan fingerprint density at radius 1 is 1.19 bits per heavy atom. The monoisotopic (exact) mass is 230 g/mol. The van der Waals surface area contributed by atoms with E-state index in [9.17, 15) is 5.11 Å². The van der Waals surface area contributed by atoms with E-state index in [1.807, 2.05) is 6.92 Å². The first-order valence-electron chi connectivity index (χ1n) is 6.20. The highest BCUT2D eigenvalue weighted by Gasteiger charge is 2.22. The summed E-state index contributed by atoms with van der Waals surface area (Å²) < 4.78 is 10.5. The minimum Gasteiger partial charge on any atom is -0.383 e. The van der Waals surface area contributed by atoms with Crippen molar-refractivity contribution in [2.24, 2.45) is 0 Å².